The van der Waals surface area contributed by atoms with Crippen molar-refractivity contribution in [3.8, 4) is 0 Å². The number of carbonyl (C=O) groups excluding carboxylic acids is 2. The van der Waals surface area contributed by atoms with Gasteiger partial charge in [-0.05, 0) is 23.3 Å². The summed E-state index contributed by atoms with van der Waals surface area (Å²) in [6.45, 7) is 0. The average Bonchev–Trinajstić information content (AvgIpc) is 2.56. The van der Waals surface area contributed by atoms with Crippen LogP contribution in [0.5, 0.6) is 0 Å². The largest absolute Gasteiger partial charge is 0.378 e. The van der Waals surface area contributed by atoms with Crippen LogP contribution in [0.1, 0.15) is 17.2 Å². The summed E-state index contributed by atoms with van der Waals surface area (Å²) in [5.41, 5.74) is 6.58. The van der Waals surface area contributed by atoms with Crippen LogP contribution in [-0.4, -0.2) is 23.0 Å². The summed E-state index contributed by atoms with van der Waals surface area (Å²) in [4.78, 5) is 23.7. The molecule has 0 radical (unpaired) electrons. The van der Waals surface area contributed by atoms with Crippen LogP contribution in [0.25, 0.3) is 0 Å². The Balaban J connectivity index is 2.05. The first-order chi connectivity index (χ1) is 11.0. The van der Waals surface area contributed by atoms with Crippen molar-refractivity contribution in [2.75, 3.05) is 0 Å². The third kappa shape index (κ3) is 4.81. The molecule has 0 spiro atoms. The van der Waals surface area contributed by atoms with Crippen LogP contribution in [0.15, 0.2) is 54.6 Å². The van der Waals surface area contributed by atoms with E-state index in [2.05, 4.69) is 5.32 Å². The van der Waals surface area contributed by atoms with Crippen molar-refractivity contribution in [3.63, 3.8) is 0 Å². The van der Waals surface area contributed by atoms with Gasteiger partial charge in [0.2, 0.25) is 5.91 Å². The van der Waals surface area contributed by atoms with Gasteiger partial charge in [-0.2, -0.15) is 0 Å². The van der Waals surface area contributed by atoms with E-state index in [1.165, 1.54) is 0 Å². The molecule has 0 aliphatic rings. The van der Waals surface area contributed by atoms with Crippen molar-refractivity contribution in [3.05, 3.63) is 70.7 Å². The highest BCUT2D eigenvalue weighted by molar-refractivity contribution is 6.30. The van der Waals surface area contributed by atoms with Gasteiger partial charge in [-0.3, -0.25) is 9.59 Å². The number of amides is 2. The number of halogens is 1. The molecule has 0 aliphatic carbocycles. The van der Waals surface area contributed by atoms with Gasteiger partial charge in [0.1, 0.15) is 6.04 Å². The van der Waals surface area contributed by atoms with Crippen LogP contribution >= 0.6 is 11.6 Å². The summed E-state index contributed by atoms with van der Waals surface area (Å²) >= 11 is 5.81. The molecule has 2 rings (SSSR count). The van der Waals surface area contributed by atoms with Crippen LogP contribution < -0.4 is 11.1 Å². The van der Waals surface area contributed by atoms with E-state index in [0.29, 0.717) is 10.6 Å². The van der Waals surface area contributed by atoms with Crippen molar-refractivity contribution < 1.29 is 14.7 Å². The minimum absolute atomic E-state index is 0.222. The maximum Gasteiger partial charge on any atom is 0.254 e. The number of benzene rings is 2. The van der Waals surface area contributed by atoms with Crippen molar-refractivity contribution in [1.82, 2.24) is 5.32 Å². The van der Waals surface area contributed by atoms with Crippen molar-refractivity contribution in [2.45, 2.75) is 18.6 Å². The monoisotopic (exact) mass is 332 g/mol. The standard InChI is InChI=1S/C17H17ClN2O3/c18-13-8-6-11(7-9-13)10-14(16(19)22)20-17(23)15(21)12-4-2-1-3-5-12/h1-9,14-15,21H,10H2,(H2,19,22)(H,20,23)/t14-,15+/m1/s1. The maximum atomic E-state index is 12.1. The lowest BCUT2D eigenvalue weighted by atomic mass is 10.0. The fraction of sp³-hybridized carbons (Fsp3) is 0.176. The topological polar surface area (TPSA) is 92.4 Å². The summed E-state index contributed by atoms with van der Waals surface area (Å²) < 4.78 is 0. The molecular weight excluding hydrogens is 316 g/mol. The highest BCUT2D eigenvalue weighted by Crippen LogP contribution is 2.14. The number of nitrogens with one attached hydrogen (secondary N) is 1. The van der Waals surface area contributed by atoms with Crippen LogP contribution in [0.2, 0.25) is 5.02 Å². The molecule has 5 nitrogen and oxygen atoms in total. The Hall–Kier alpha value is -2.37. The third-order valence-electron chi connectivity index (χ3n) is 3.38. The Bertz CT molecular complexity index is 674. The molecule has 2 amide bonds. The normalized spacial score (nSPS) is 13.1. The van der Waals surface area contributed by atoms with E-state index < -0.39 is 24.0 Å². The first-order valence-electron chi connectivity index (χ1n) is 7.04. The summed E-state index contributed by atoms with van der Waals surface area (Å²) in [7, 11) is 0. The molecule has 0 heterocycles. The first kappa shape index (κ1) is 17.0. The van der Waals surface area contributed by atoms with Crippen LogP contribution in [0, 0.1) is 0 Å². The lowest BCUT2D eigenvalue weighted by Crippen LogP contribution is -2.47. The average molecular weight is 333 g/mol. The van der Waals surface area contributed by atoms with Gasteiger partial charge in [-0.25, -0.2) is 0 Å². The zero-order valence-corrected chi connectivity index (χ0v) is 13.0. The maximum absolute atomic E-state index is 12.1. The van der Waals surface area contributed by atoms with Crippen LogP contribution in [-0.2, 0) is 16.0 Å². The molecule has 0 bridgehead atoms. The van der Waals surface area contributed by atoms with E-state index in [0.717, 1.165) is 5.56 Å². The molecule has 2 atom stereocenters. The second kappa shape index (κ2) is 7.76. The third-order valence-corrected chi connectivity index (χ3v) is 3.63. The number of nitrogens with two attached hydrogens (primary N) is 1. The molecule has 2 aromatic carbocycles. The van der Waals surface area contributed by atoms with E-state index in [-0.39, 0.29) is 6.42 Å². The van der Waals surface area contributed by atoms with Gasteiger partial charge in [0.05, 0.1) is 0 Å². The zero-order chi connectivity index (χ0) is 16.8. The van der Waals surface area contributed by atoms with Crippen molar-refractivity contribution in [2.24, 2.45) is 5.73 Å². The quantitative estimate of drug-likeness (QED) is 0.750. The minimum atomic E-state index is -1.36. The predicted molar refractivity (Wildman–Crippen MR) is 87.7 cm³/mol. The summed E-state index contributed by atoms with van der Waals surface area (Å²) in [5.74, 6) is -1.34. The molecule has 0 aliphatic heterocycles. The smallest absolute Gasteiger partial charge is 0.254 e. The molecule has 120 valence electrons. The number of rotatable bonds is 6. The minimum Gasteiger partial charge on any atom is -0.378 e. The Morgan fingerprint density at radius 3 is 2.26 bits per heavy atom. The highest BCUT2D eigenvalue weighted by Gasteiger charge is 2.23. The Labute approximate surface area is 139 Å². The Morgan fingerprint density at radius 1 is 1.09 bits per heavy atom. The molecule has 0 unspecified atom stereocenters. The van der Waals surface area contributed by atoms with Crippen LogP contribution in [0.4, 0.5) is 0 Å². The number of hydrogen-bond acceptors (Lipinski definition) is 3. The van der Waals surface area contributed by atoms with Crippen LogP contribution in [0.3, 0.4) is 0 Å². The molecule has 0 saturated heterocycles. The number of primary amides is 1. The molecule has 0 fully saturated rings. The Kier molecular flexibility index (Phi) is 5.73. The fourth-order valence-electron chi connectivity index (χ4n) is 2.12. The number of hydrogen-bond donors (Lipinski definition) is 3. The molecule has 2 aromatic rings. The van der Waals surface area contributed by atoms with Gasteiger partial charge >= 0.3 is 0 Å². The van der Waals surface area contributed by atoms with E-state index in [9.17, 15) is 14.7 Å². The number of aliphatic hydroxyl groups is 1. The van der Waals surface area contributed by atoms with E-state index in [1.54, 1.807) is 54.6 Å². The lowest BCUT2D eigenvalue weighted by Gasteiger charge is -2.18. The van der Waals surface area contributed by atoms with Gasteiger partial charge in [-0.1, -0.05) is 54.1 Å². The first-order valence-corrected chi connectivity index (χ1v) is 7.42. The predicted octanol–water partition coefficient (Wildman–Crippen LogP) is 1.59. The summed E-state index contributed by atoms with van der Waals surface area (Å²) in [5, 5.41) is 13.1. The Morgan fingerprint density at radius 2 is 1.70 bits per heavy atom. The lowest BCUT2D eigenvalue weighted by molar-refractivity contribution is -0.133. The molecule has 6 heteroatoms. The van der Waals surface area contributed by atoms with E-state index >= 15 is 0 Å². The molecule has 0 saturated carbocycles. The number of aliphatic hydroxyl groups excluding tert-OH is 1. The zero-order valence-electron chi connectivity index (χ0n) is 12.3. The van der Waals surface area contributed by atoms with Gasteiger partial charge in [0, 0.05) is 11.4 Å². The van der Waals surface area contributed by atoms with Crippen molar-refractivity contribution in [1.29, 1.82) is 0 Å². The molecule has 4 N–H and O–H groups in total. The summed E-state index contributed by atoms with van der Waals surface area (Å²) in [6.07, 6.45) is -1.14. The molecule has 0 aromatic heterocycles. The fourth-order valence-corrected chi connectivity index (χ4v) is 2.24. The molecular formula is C17H17ClN2O3. The number of carbonyl (C=O) groups is 2. The second-order valence-electron chi connectivity index (χ2n) is 5.11. The van der Waals surface area contributed by atoms with Gasteiger partial charge in [0.15, 0.2) is 6.10 Å². The SMILES string of the molecule is NC(=O)[C@@H](Cc1ccc(Cl)cc1)NC(=O)[C@@H](O)c1ccccc1. The molecule has 23 heavy (non-hydrogen) atoms. The van der Waals surface area contributed by atoms with Crippen molar-refractivity contribution >= 4 is 23.4 Å². The summed E-state index contributed by atoms with van der Waals surface area (Å²) in [6, 6.07) is 14.4. The van der Waals surface area contributed by atoms with E-state index in [4.69, 9.17) is 17.3 Å². The second-order valence-corrected chi connectivity index (χ2v) is 5.54. The van der Waals surface area contributed by atoms with E-state index in [1.807, 2.05) is 0 Å². The van der Waals surface area contributed by atoms with Gasteiger partial charge in [0.25, 0.3) is 5.91 Å². The highest BCUT2D eigenvalue weighted by atomic mass is 35.5. The van der Waals surface area contributed by atoms with Gasteiger partial charge < -0.3 is 16.2 Å². The van der Waals surface area contributed by atoms with Gasteiger partial charge in [-0.15, -0.1) is 0 Å².